The number of rotatable bonds is 4. The summed E-state index contributed by atoms with van der Waals surface area (Å²) in [6.45, 7) is 1.93. The summed E-state index contributed by atoms with van der Waals surface area (Å²) in [6, 6.07) is 5.97. The van der Waals surface area contributed by atoms with E-state index in [-0.39, 0.29) is 0 Å². The molecule has 2 N–H and O–H groups in total. The van der Waals surface area contributed by atoms with Crippen LogP contribution in [0.25, 0.3) is 11.3 Å². The second-order valence-corrected chi connectivity index (χ2v) is 5.32. The Balaban J connectivity index is 1.83. The molecule has 19 heavy (non-hydrogen) atoms. The topological polar surface area (TPSA) is 57.4 Å². The summed E-state index contributed by atoms with van der Waals surface area (Å²) >= 11 is 1.68. The number of hydrogen-bond acceptors (Lipinski definition) is 5. The smallest absolute Gasteiger partial charge is 0.162 e. The average molecular weight is 276 g/mol. The Hall–Kier alpha value is -1.59. The molecule has 1 aromatic heterocycles. The Labute approximate surface area is 116 Å². The van der Waals surface area contributed by atoms with Gasteiger partial charge >= 0.3 is 0 Å². The van der Waals surface area contributed by atoms with Crippen LogP contribution in [0.1, 0.15) is 11.4 Å². The molecular formula is C14H16N2O2S. The molecule has 3 rings (SSSR count). The minimum atomic E-state index is 0.606. The first kappa shape index (κ1) is 12.4. The quantitative estimate of drug-likeness (QED) is 0.932. The van der Waals surface area contributed by atoms with Crippen molar-refractivity contribution in [1.82, 2.24) is 4.98 Å². The largest absolute Gasteiger partial charge is 0.486 e. The van der Waals surface area contributed by atoms with Crippen molar-refractivity contribution in [1.29, 1.82) is 0 Å². The van der Waals surface area contributed by atoms with E-state index in [1.165, 1.54) is 0 Å². The van der Waals surface area contributed by atoms with Gasteiger partial charge < -0.3 is 15.2 Å². The molecule has 0 saturated carbocycles. The molecule has 0 atom stereocenters. The molecule has 0 bridgehead atoms. The van der Waals surface area contributed by atoms with E-state index in [1.807, 2.05) is 18.2 Å². The zero-order valence-corrected chi connectivity index (χ0v) is 11.4. The number of thiazole rings is 1. The van der Waals surface area contributed by atoms with Crippen LogP contribution in [0, 0.1) is 0 Å². The number of nitrogens with zero attached hydrogens (tertiary/aromatic N) is 1. The van der Waals surface area contributed by atoms with E-state index < -0.39 is 0 Å². The van der Waals surface area contributed by atoms with Gasteiger partial charge in [0.25, 0.3) is 0 Å². The first-order chi connectivity index (χ1) is 9.36. The molecule has 0 aliphatic carbocycles. The van der Waals surface area contributed by atoms with Gasteiger partial charge in [-0.05, 0) is 31.2 Å². The number of ether oxygens (including phenoxy) is 2. The van der Waals surface area contributed by atoms with Crippen LogP contribution in [0.3, 0.4) is 0 Å². The molecule has 0 unspecified atom stereocenters. The summed E-state index contributed by atoms with van der Waals surface area (Å²) in [6.07, 6.45) is 1.93. The van der Waals surface area contributed by atoms with Crippen LogP contribution in [0.15, 0.2) is 23.6 Å². The van der Waals surface area contributed by atoms with Crippen molar-refractivity contribution in [2.24, 2.45) is 5.73 Å². The molecule has 0 fully saturated rings. The predicted molar refractivity (Wildman–Crippen MR) is 75.9 cm³/mol. The number of benzene rings is 1. The van der Waals surface area contributed by atoms with Gasteiger partial charge in [0.15, 0.2) is 11.5 Å². The molecule has 2 heterocycles. The summed E-state index contributed by atoms with van der Waals surface area (Å²) < 4.78 is 11.1. The number of aryl methyl sites for hydroxylation is 1. The lowest BCUT2D eigenvalue weighted by Gasteiger charge is -2.18. The van der Waals surface area contributed by atoms with Crippen molar-refractivity contribution in [3.63, 3.8) is 0 Å². The molecular weight excluding hydrogens is 260 g/mol. The number of fused-ring (bicyclic) bond motifs is 1. The SMILES string of the molecule is NCCCc1nc(-c2ccc3c(c2)OCCO3)cs1. The lowest BCUT2D eigenvalue weighted by atomic mass is 10.1. The Morgan fingerprint density at radius 2 is 2.05 bits per heavy atom. The van der Waals surface area contributed by atoms with Gasteiger partial charge in [-0.25, -0.2) is 4.98 Å². The van der Waals surface area contributed by atoms with E-state index in [9.17, 15) is 0 Å². The van der Waals surface area contributed by atoms with Crippen LogP contribution in [0.4, 0.5) is 0 Å². The molecule has 0 radical (unpaired) electrons. The molecule has 1 aromatic carbocycles. The monoisotopic (exact) mass is 276 g/mol. The fourth-order valence-corrected chi connectivity index (χ4v) is 2.86. The third-order valence-corrected chi connectivity index (χ3v) is 3.89. The highest BCUT2D eigenvalue weighted by molar-refractivity contribution is 7.09. The molecule has 0 amide bonds. The first-order valence-corrected chi connectivity index (χ1v) is 7.29. The Morgan fingerprint density at radius 3 is 2.89 bits per heavy atom. The fraction of sp³-hybridized carbons (Fsp3) is 0.357. The summed E-state index contributed by atoms with van der Waals surface area (Å²) in [7, 11) is 0. The lowest BCUT2D eigenvalue weighted by Crippen LogP contribution is -2.15. The summed E-state index contributed by atoms with van der Waals surface area (Å²) in [5.74, 6) is 1.62. The molecule has 2 aromatic rings. The normalized spacial score (nSPS) is 13.5. The zero-order chi connectivity index (χ0) is 13.1. The predicted octanol–water partition coefficient (Wildman–Crippen LogP) is 2.47. The second kappa shape index (κ2) is 5.59. The van der Waals surface area contributed by atoms with Gasteiger partial charge in [-0.2, -0.15) is 0 Å². The summed E-state index contributed by atoms with van der Waals surface area (Å²) in [4.78, 5) is 4.63. The van der Waals surface area contributed by atoms with E-state index in [4.69, 9.17) is 15.2 Å². The van der Waals surface area contributed by atoms with E-state index >= 15 is 0 Å². The van der Waals surface area contributed by atoms with E-state index in [0.29, 0.717) is 19.8 Å². The number of aromatic nitrogens is 1. The molecule has 1 aliphatic rings. The minimum Gasteiger partial charge on any atom is -0.486 e. The van der Waals surface area contributed by atoms with Crippen molar-refractivity contribution in [2.45, 2.75) is 12.8 Å². The molecule has 5 heteroatoms. The van der Waals surface area contributed by atoms with Gasteiger partial charge in [-0.15, -0.1) is 11.3 Å². The fourth-order valence-electron chi connectivity index (χ4n) is 2.01. The highest BCUT2D eigenvalue weighted by atomic mass is 32.1. The molecule has 4 nitrogen and oxygen atoms in total. The maximum absolute atomic E-state index is 5.59. The highest BCUT2D eigenvalue weighted by Crippen LogP contribution is 2.34. The summed E-state index contributed by atoms with van der Waals surface area (Å²) in [5.41, 5.74) is 7.58. The highest BCUT2D eigenvalue weighted by Gasteiger charge is 2.13. The second-order valence-electron chi connectivity index (χ2n) is 4.38. The number of nitrogens with two attached hydrogens (primary N) is 1. The summed E-state index contributed by atoms with van der Waals surface area (Å²) in [5, 5.41) is 3.22. The van der Waals surface area contributed by atoms with E-state index in [2.05, 4.69) is 10.4 Å². The zero-order valence-electron chi connectivity index (χ0n) is 10.6. The third kappa shape index (κ3) is 2.72. The van der Waals surface area contributed by atoms with Crippen LogP contribution in [-0.4, -0.2) is 24.7 Å². The molecule has 1 aliphatic heterocycles. The van der Waals surface area contributed by atoms with Gasteiger partial charge in [0.05, 0.1) is 10.7 Å². The Kier molecular flexibility index (Phi) is 3.66. The third-order valence-electron chi connectivity index (χ3n) is 2.98. The van der Waals surface area contributed by atoms with E-state index in [1.54, 1.807) is 11.3 Å². The van der Waals surface area contributed by atoms with Crippen LogP contribution >= 0.6 is 11.3 Å². The van der Waals surface area contributed by atoms with Gasteiger partial charge in [0.2, 0.25) is 0 Å². The minimum absolute atomic E-state index is 0.606. The van der Waals surface area contributed by atoms with Gasteiger partial charge in [-0.3, -0.25) is 0 Å². The standard InChI is InChI=1S/C14H16N2O2S/c15-5-1-2-14-16-11(9-19-14)10-3-4-12-13(8-10)18-7-6-17-12/h3-4,8-9H,1-2,5-7,15H2. The first-order valence-electron chi connectivity index (χ1n) is 6.41. The van der Waals surface area contributed by atoms with Crippen LogP contribution in [0.5, 0.6) is 11.5 Å². The van der Waals surface area contributed by atoms with Crippen molar-refractivity contribution >= 4 is 11.3 Å². The van der Waals surface area contributed by atoms with Crippen LogP contribution in [-0.2, 0) is 6.42 Å². The molecule has 0 spiro atoms. The van der Waals surface area contributed by atoms with Gasteiger partial charge in [0, 0.05) is 17.4 Å². The number of hydrogen-bond donors (Lipinski definition) is 1. The lowest BCUT2D eigenvalue weighted by molar-refractivity contribution is 0.171. The maximum Gasteiger partial charge on any atom is 0.162 e. The van der Waals surface area contributed by atoms with Gasteiger partial charge in [0.1, 0.15) is 13.2 Å². The van der Waals surface area contributed by atoms with Crippen molar-refractivity contribution in [3.05, 3.63) is 28.6 Å². The van der Waals surface area contributed by atoms with E-state index in [0.717, 1.165) is 40.6 Å². The molecule has 100 valence electrons. The van der Waals surface area contributed by atoms with Crippen molar-refractivity contribution < 1.29 is 9.47 Å². The maximum atomic E-state index is 5.59. The van der Waals surface area contributed by atoms with Crippen LogP contribution < -0.4 is 15.2 Å². The molecule has 0 saturated heterocycles. The van der Waals surface area contributed by atoms with Gasteiger partial charge in [-0.1, -0.05) is 0 Å². The average Bonchev–Trinajstić information content (AvgIpc) is 2.93. The Bertz CT molecular complexity index is 568. The van der Waals surface area contributed by atoms with Crippen molar-refractivity contribution in [2.75, 3.05) is 19.8 Å². The van der Waals surface area contributed by atoms with Crippen LogP contribution in [0.2, 0.25) is 0 Å². The Morgan fingerprint density at radius 1 is 1.21 bits per heavy atom. The van der Waals surface area contributed by atoms with Crippen molar-refractivity contribution in [3.8, 4) is 22.8 Å².